The van der Waals surface area contributed by atoms with E-state index in [1.54, 1.807) is 48.2 Å². The van der Waals surface area contributed by atoms with Gasteiger partial charge in [-0.25, -0.2) is 4.79 Å². The van der Waals surface area contributed by atoms with Crippen LogP contribution in [0.5, 0.6) is 0 Å². The summed E-state index contributed by atoms with van der Waals surface area (Å²) in [5, 5.41) is 6.14. The molecule has 1 atom stereocenters. The Balaban J connectivity index is 1.67. The highest BCUT2D eigenvalue weighted by atomic mass is 35.5. The van der Waals surface area contributed by atoms with Crippen molar-refractivity contribution in [1.82, 2.24) is 10.3 Å². The predicted molar refractivity (Wildman–Crippen MR) is 116 cm³/mol. The summed E-state index contributed by atoms with van der Waals surface area (Å²) < 4.78 is 4.95. The van der Waals surface area contributed by atoms with Crippen LogP contribution in [-0.4, -0.2) is 34.8 Å². The fourth-order valence-corrected chi connectivity index (χ4v) is 3.53. The van der Waals surface area contributed by atoms with E-state index in [4.69, 9.17) is 16.0 Å². The summed E-state index contributed by atoms with van der Waals surface area (Å²) in [6.07, 6.45) is 2.55. The van der Waals surface area contributed by atoms with Crippen LogP contribution in [0.3, 0.4) is 0 Å². The van der Waals surface area contributed by atoms with Crippen molar-refractivity contribution in [2.24, 2.45) is 0 Å². The van der Waals surface area contributed by atoms with E-state index in [-0.39, 0.29) is 18.2 Å². The van der Waals surface area contributed by atoms with Gasteiger partial charge in [-0.05, 0) is 54.3 Å². The third kappa shape index (κ3) is 5.88. The third-order valence-electron chi connectivity index (χ3n) is 4.20. The molecular formula is C20H20ClN3O4S. The second kappa shape index (κ2) is 9.67. The number of hydrogen-bond donors (Lipinski definition) is 3. The molecule has 0 aliphatic carbocycles. The number of nitrogens with one attached hydrogen (secondary N) is 3. The van der Waals surface area contributed by atoms with Crippen molar-refractivity contribution in [3.05, 3.63) is 63.6 Å². The highest BCUT2D eigenvalue weighted by Crippen LogP contribution is 2.17. The Hall–Kier alpha value is -2.71. The molecular weight excluding hydrogens is 414 g/mol. The summed E-state index contributed by atoms with van der Waals surface area (Å²) >= 11 is 7.55. The first-order valence-electron chi connectivity index (χ1n) is 8.91. The van der Waals surface area contributed by atoms with Crippen LogP contribution in [-0.2, 0) is 16.0 Å². The highest BCUT2D eigenvalue weighted by molar-refractivity contribution is 7.98. The number of carbonyl (C=O) groups excluding carboxylic acids is 2. The van der Waals surface area contributed by atoms with Gasteiger partial charge in [-0.3, -0.25) is 14.6 Å². The molecule has 0 aliphatic heterocycles. The van der Waals surface area contributed by atoms with Gasteiger partial charge in [0.15, 0.2) is 5.58 Å². The molecule has 0 bridgehead atoms. The molecule has 0 aliphatic rings. The molecule has 0 spiro atoms. The Labute approximate surface area is 176 Å². The highest BCUT2D eigenvalue weighted by Gasteiger charge is 2.21. The average molecular weight is 434 g/mol. The number of benzene rings is 2. The molecule has 152 valence electrons. The lowest BCUT2D eigenvalue weighted by Crippen LogP contribution is -2.44. The summed E-state index contributed by atoms with van der Waals surface area (Å²) in [7, 11) is 0. The first-order chi connectivity index (χ1) is 13.9. The van der Waals surface area contributed by atoms with Crippen LogP contribution < -0.4 is 16.4 Å². The summed E-state index contributed by atoms with van der Waals surface area (Å²) in [6.45, 7) is 0. The molecule has 0 radical (unpaired) electrons. The van der Waals surface area contributed by atoms with Crippen LogP contribution in [0.1, 0.15) is 12.0 Å². The molecule has 1 heterocycles. The zero-order valence-electron chi connectivity index (χ0n) is 15.7. The lowest BCUT2D eigenvalue weighted by Gasteiger charge is -2.18. The maximum atomic E-state index is 12.8. The Bertz CT molecular complexity index is 1080. The van der Waals surface area contributed by atoms with Crippen LogP contribution >= 0.6 is 23.4 Å². The molecule has 0 fully saturated rings. The van der Waals surface area contributed by atoms with Gasteiger partial charge in [-0.2, -0.15) is 11.8 Å². The van der Waals surface area contributed by atoms with Gasteiger partial charge in [0.05, 0.1) is 11.9 Å². The maximum absolute atomic E-state index is 12.8. The van der Waals surface area contributed by atoms with Crippen LogP contribution in [0.25, 0.3) is 11.1 Å². The molecule has 0 saturated heterocycles. The number of thioether (sulfide) groups is 1. The maximum Gasteiger partial charge on any atom is 0.417 e. The number of fused-ring (bicyclic) bond motifs is 1. The van der Waals surface area contributed by atoms with Gasteiger partial charge in [0, 0.05) is 10.7 Å². The van der Waals surface area contributed by atoms with E-state index in [0.717, 1.165) is 5.56 Å². The summed E-state index contributed by atoms with van der Waals surface area (Å²) in [4.78, 5) is 39.0. The van der Waals surface area contributed by atoms with Crippen molar-refractivity contribution < 1.29 is 14.0 Å². The molecule has 3 rings (SSSR count). The van der Waals surface area contributed by atoms with Gasteiger partial charge in [-0.1, -0.05) is 23.7 Å². The van der Waals surface area contributed by atoms with E-state index in [2.05, 4.69) is 15.6 Å². The predicted octanol–water partition coefficient (Wildman–Crippen LogP) is 3.19. The first kappa shape index (κ1) is 21.0. The topological polar surface area (TPSA) is 104 Å². The molecule has 2 aromatic carbocycles. The SMILES string of the molecule is CSCCC(NC(=O)Cc1cccc(Cl)c1)C(=O)Nc1ccc2oc(=O)[nH]c2c1. The molecule has 3 N–H and O–H groups in total. The van der Waals surface area contributed by atoms with Gasteiger partial charge in [-0.15, -0.1) is 0 Å². The molecule has 3 aromatic rings. The normalized spacial score (nSPS) is 11.9. The standard InChI is InChI=1S/C20H20ClN3O4S/c1-29-8-7-15(23-18(25)10-12-3-2-4-13(21)9-12)19(26)22-14-5-6-17-16(11-14)24-20(27)28-17/h2-6,9,11,15H,7-8,10H2,1H3,(H,22,26)(H,23,25)(H,24,27). The number of aromatic amines is 1. The fourth-order valence-electron chi connectivity index (χ4n) is 2.84. The van der Waals surface area contributed by atoms with Crippen molar-refractivity contribution in [3.8, 4) is 0 Å². The average Bonchev–Trinajstić information content (AvgIpc) is 3.04. The van der Waals surface area contributed by atoms with Crippen LogP contribution in [0.4, 0.5) is 5.69 Å². The van der Waals surface area contributed by atoms with Crippen molar-refractivity contribution in [2.45, 2.75) is 18.9 Å². The smallest absolute Gasteiger partial charge is 0.408 e. The molecule has 7 nitrogen and oxygen atoms in total. The Morgan fingerprint density at radius 3 is 2.83 bits per heavy atom. The lowest BCUT2D eigenvalue weighted by atomic mass is 10.1. The number of H-pyrrole nitrogens is 1. The summed E-state index contributed by atoms with van der Waals surface area (Å²) in [5.74, 6) is -0.440. The summed E-state index contributed by atoms with van der Waals surface area (Å²) in [6, 6.07) is 11.2. The number of aromatic nitrogens is 1. The Morgan fingerprint density at radius 1 is 1.24 bits per heavy atom. The minimum atomic E-state index is -0.687. The molecule has 2 amide bonds. The number of carbonyl (C=O) groups is 2. The number of oxazole rings is 1. The molecule has 29 heavy (non-hydrogen) atoms. The number of amides is 2. The van der Waals surface area contributed by atoms with Gasteiger partial charge in [0.1, 0.15) is 6.04 Å². The van der Waals surface area contributed by atoms with Crippen LogP contribution in [0.15, 0.2) is 51.7 Å². The second-order valence-corrected chi connectivity index (χ2v) is 7.85. The van der Waals surface area contributed by atoms with Gasteiger partial charge in [0.2, 0.25) is 11.8 Å². The number of halogens is 1. The van der Waals surface area contributed by atoms with Crippen LogP contribution in [0.2, 0.25) is 5.02 Å². The van der Waals surface area contributed by atoms with Gasteiger partial charge >= 0.3 is 5.76 Å². The monoisotopic (exact) mass is 433 g/mol. The molecule has 1 unspecified atom stereocenters. The zero-order chi connectivity index (χ0) is 20.8. The molecule has 1 aromatic heterocycles. The second-order valence-electron chi connectivity index (χ2n) is 6.42. The quantitative estimate of drug-likeness (QED) is 0.506. The Morgan fingerprint density at radius 2 is 2.07 bits per heavy atom. The number of hydrogen-bond acceptors (Lipinski definition) is 5. The third-order valence-corrected chi connectivity index (χ3v) is 5.08. The number of rotatable bonds is 8. The van der Waals surface area contributed by atoms with Crippen molar-refractivity contribution in [1.29, 1.82) is 0 Å². The van der Waals surface area contributed by atoms with E-state index in [9.17, 15) is 14.4 Å². The molecule has 0 saturated carbocycles. The minimum absolute atomic E-state index is 0.131. The lowest BCUT2D eigenvalue weighted by molar-refractivity contribution is -0.126. The van der Waals surface area contributed by atoms with Crippen molar-refractivity contribution >= 4 is 52.0 Å². The van der Waals surface area contributed by atoms with Gasteiger partial charge < -0.3 is 15.1 Å². The van der Waals surface area contributed by atoms with E-state index in [0.29, 0.717) is 34.0 Å². The summed E-state index contributed by atoms with van der Waals surface area (Å²) in [5.41, 5.74) is 2.16. The van der Waals surface area contributed by atoms with E-state index in [1.807, 2.05) is 12.3 Å². The minimum Gasteiger partial charge on any atom is -0.408 e. The zero-order valence-corrected chi connectivity index (χ0v) is 17.2. The number of anilines is 1. The molecule has 9 heteroatoms. The fraction of sp³-hybridized carbons (Fsp3) is 0.250. The van der Waals surface area contributed by atoms with Gasteiger partial charge in [0.25, 0.3) is 0 Å². The van der Waals surface area contributed by atoms with Crippen molar-refractivity contribution in [2.75, 3.05) is 17.3 Å². The van der Waals surface area contributed by atoms with E-state index in [1.165, 1.54) is 0 Å². The first-order valence-corrected chi connectivity index (χ1v) is 10.7. The van der Waals surface area contributed by atoms with Crippen LogP contribution in [0, 0.1) is 0 Å². The van der Waals surface area contributed by atoms with Crippen molar-refractivity contribution in [3.63, 3.8) is 0 Å². The largest absolute Gasteiger partial charge is 0.417 e. The van der Waals surface area contributed by atoms with E-state index < -0.39 is 11.8 Å². The Kier molecular flexibility index (Phi) is 7.00. The van der Waals surface area contributed by atoms with E-state index >= 15 is 0 Å².